The van der Waals surface area contributed by atoms with Gasteiger partial charge in [-0.1, -0.05) is 6.92 Å². The highest BCUT2D eigenvalue weighted by Crippen LogP contribution is 2.35. The maximum atomic E-state index is 13.1. The molecule has 0 radical (unpaired) electrons. The van der Waals surface area contributed by atoms with Gasteiger partial charge < -0.3 is 16.0 Å². The number of carbonyl (C=O) groups is 1. The van der Waals surface area contributed by atoms with Crippen molar-refractivity contribution in [3.05, 3.63) is 42.4 Å². The lowest BCUT2D eigenvalue weighted by Gasteiger charge is -2.11. The second kappa shape index (κ2) is 6.51. The number of pyridine rings is 2. The Labute approximate surface area is 165 Å². The smallest absolute Gasteiger partial charge is 0.231 e. The average Bonchev–Trinajstić information content (AvgIpc) is 3.27. The van der Waals surface area contributed by atoms with Crippen molar-refractivity contribution < 1.29 is 9.18 Å². The molecule has 0 unspecified atom stereocenters. The van der Waals surface area contributed by atoms with E-state index in [-0.39, 0.29) is 12.3 Å². The van der Waals surface area contributed by atoms with Gasteiger partial charge in [0.1, 0.15) is 17.8 Å². The molecule has 0 saturated heterocycles. The molecule has 8 heteroatoms. The molecule has 1 fully saturated rings. The summed E-state index contributed by atoms with van der Waals surface area (Å²) in [5.74, 6) is -0.184. The SMILES string of the molecule is CCc1cc2[nH]cnc2cc1-c1cc2cc(NC(=O)[C@@H]3C[C@@H]3F)ncc2c(N)n1. The molecule has 5 rings (SSSR count). The number of nitrogens with zero attached hydrogens (tertiary/aromatic N) is 3. The lowest BCUT2D eigenvalue weighted by atomic mass is 9.99. The van der Waals surface area contributed by atoms with E-state index < -0.39 is 12.1 Å². The Morgan fingerprint density at radius 2 is 2.14 bits per heavy atom. The number of nitrogens with two attached hydrogens (primary N) is 1. The van der Waals surface area contributed by atoms with Crippen molar-refractivity contribution in [2.75, 3.05) is 11.1 Å². The van der Waals surface area contributed by atoms with E-state index >= 15 is 0 Å². The summed E-state index contributed by atoms with van der Waals surface area (Å²) in [6.07, 6.45) is 3.29. The second-order valence-electron chi connectivity index (χ2n) is 7.31. The summed E-state index contributed by atoms with van der Waals surface area (Å²) in [4.78, 5) is 28.3. The lowest BCUT2D eigenvalue weighted by Crippen LogP contribution is -2.15. The minimum atomic E-state index is -1.05. The molecule has 1 amide bonds. The topological polar surface area (TPSA) is 110 Å². The van der Waals surface area contributed by atoms with Gasteiger partial charge in [-0.25, -0.2) is 19.3 Å². The Kier molecular flexibility index (Phi) is 3.94. The number of fused-ring (bicyclic) bond motifs is 2. The van der Waals surface area contributed by atoms with Gasteiger partial charge in [-0.05, 0) is 48.1 Å². The third kappa shape index (κ3) is 3.06. The van der Waals surface area contributed by atoms with Crippen molar-refractivity contribution in [3.63, 3.8) is 0 Å². The van der Waals surface area contributed by atoms with Gasteiger partial charge >= 0.3 is 0 Å². The van der Waals surface area contributed by atoms with Crippen LogP contribution in [0, 0.1) is 5.92 Å². The highest BCUT2D eigenvalue weighted by atomic mass is 19.1. The summed E-state index contributed by atoms with van der Waals surface area (Å²) in [7, 11) is 0. The number of aryl methyl sites for hydroxylation is 1. The van der Waals surface area contributed by atoms with Crippen LogP contribution in [0.25, 0.3) is 33.1 Å². The van der Waals surface area contributed by atoms with Crippen LogP contribution in [0.1, 0.15) is 18.9 Å². The summed E-state index contributed by atoms with van der Waals surface area (Å²) in [6, 6.07) is 7.73. The van der Waals surface area contributed by atoms with Crippen molar-refractivity contribution >= 4 is 39.3 Å². The van der Waals surface area contributed by atoms with Crippen LogP contribution in [0.15, 0.2) is 36.8 Å². The molecule has 7 nitrogen and oxygen atoms in total. The van der Waals surface area contributed by atoms with E-state index in [2.05, 4.69) is 38.2 Å². The van der Waals surface area contributed by atoms with Gasteiger partial charge in [-0.3, -0.25) is 4.79 Å². The van der Waals surface area contributed by atoms with Gasteiger partial charge in [0, 0.05) is 17.1 Å². The number of nitrogen functional groups attached to an aromatic ring is 1. The van der Waals surface area contributed by atoms with Crippen molar-refractivity contribution in [1.82, 2.24) is 19.9 Å². The molecule has 0 spiro atoms. The Balaban J connectivity index is 1.58. The molecule has 29 heavy (non-hydrogen) atoms. The highest BCUT2D eigenvalue weighted by Gasteiger charge is 2.43. The van der Waals surface area contributed by atoms with Gasteiger partial charge in [0.2, 0.25) is 5.91 Å². The Morgan fingerprint density at radius 3 is 2.90 bits per heavy atom. The number of carbonyl (C=O) groups excluding carboxylic acids is 1. The first-order chi connectivity index (χ1) is 14.0. The first-order valence-electron chi connectivity index (χ1n) is 9.51. The minimum Gasteiger partial charge on any atom is -0.383 e. The van der Waals surface area contributed by atoms with E-state index in [1.165, 1.54) is 0 Å². The van der Waals surface area contributed by atoms with Crippen LogP contribution in [-0.2, 0) is 11.2 Å². The van der Waals surface area contributed by atoms with Gasteiger partial charge in [0.25, 0.3) is 0 Å². The van der Waals surface area contributed by atoms with E-state index in [0.717, 1.165) is 39.7 Å². The molecule has 4 N–H and O–H groups in total. The van der Waals surface area contributed by atoms with Crippen LogP contribution in [0.5, 0.6) is 0 Å². The van der Waals surface area contributed by atoms with Gasteiger partial charge in [0.15, 0.2) is 0 Å². The standard InChI is InChI=1S/C21H19FN6O/c1-2-10-3-17-18(26-9-25-17)7-12(10)16-4-11-5-19(24-8-14(11)20(23)27-16)28-21(29)13-6-15(13)22/h3-5,7-9,13,15H,2,6H2,1H3,(H2,23,27)(H,25,26)(H,24,28,29)/t13-,15+/m1/s1. The molecule has 1 aliphatic rings. The van der Waals surface area contributed by atoms with E-state index in [9.17, 15) is 9.18 Å². The molecule has 0 aliphatic heterocycles. The molecule has 3 heterocycles. The Morgan fingerprint density at radius 1 is 1.31 bits per heavy atom. The number of alkyl halides is 1. The maximum Gasteiger partial charge on any atom is 0.231 e. The van der Waals surface area contributed by atoms with Gasteiger partial charge in [-0.15, -0.1) is 0 Å². The number of nitrogens with one attached hydrogen (secondary N) is 2. The largest absolute Gasteiger partial charge is 0.383 e. The molecule has 1 saturated carbocycles. The third-order valence-electron chi connectivity index (χ3n) is 5.35. The first-order valence-corrected chi connectivity index (χ1v) is 9.51. The second-order valence-corrected chi connectivity index (χ2v) is 7.31. The van der Waals surface area contributed by atoms with Crippen LogP contribution < -0.4 is 11.1 Å². The zero-order chi connectivity index (χ0) is 20.1. The van der Waals surface area contributed by atoms with Gasteiger partial charge in [0.05, 0.1) is 29.0 Å². The number of imidazole rings is 1. The fourth-order valence-corrected chi connectivity index (χ4v) is 3.59. The fraction of sp³-hybridized carbons (Fsp3) is 0.238. The van der Waals surface area contributed by atoms with Crippen molar-refractivity contribution in [1.29, 1.82) is 0 Å². The lowest BCUT2D eigenvalue weighted by molar-refractivity contribution is -0.117. The third-order valence-corrected chi connectivity index (χ3v) is 5.35. The number of rotatable bonds is 4. The summed E-state index contributed by atoms with van der Waals surface area (Å²) in [5.41, 5.74) is 10.8. The monoisotopic (exact) mass is 390 g/mol. The highest BCUT2D eigenvalue weighted by molar-refractivity contribution is 5.99. The predicted molar refractivity (Wildman–Crippen MR) is 110 cm³/mol. The number of aromatic amines is 1. The number of H-pyrrole nitrogens is 1. The van der Waals surface area contributed by atoms with E-state index in [1.807, 2.05) is 12.1 Å². The molecule has 3 aromatic heterocycles. The number of aromatic nitrogens is 4. The Bertz CT molecular complexity index is 1270. The number of amides is 1. The summed E-state index contributed by atoms with van der Waals surface area (Å²) in [5, 5.41) is 4.18. The molecule has 146 valence electrons. The fourth-order valence-electron chi connectivity index (χ4n) is 3.59. The van der Waals surface area contributed by atoms with Crippen molar-refractivity contribution in [3.8, 4) is 11.3 Å². The van der Waals surface area contributed by atoms with Crippen molar-refractivity contribution in [2.45, 2.75) is 25.9 Å². The van der Waals surface area contributed by atoms with E-state index in [4.69, 9.17) is 5.73 Å². The quantitative estimate of drug-likeness (QED) is 0.493. The summed E-state index contributed by atoms with van der Waals surface area (Å²) in [6.45, 7) is 2.08. The number of anilines is 2. The van der Waals surface area contributed by atoms with Gasteiger partial charge in [-0.2, -0.15) is 0 Å². The van der Waals surface area contributed by atoms with E-state index in [1.54, 1.807) is 18.6 Å². The normalized spacial score (nSPS) is 18.3. The predicted octanol–water partition coefficient (Wildman–Crippen LogP) is 3.61. The van der Waals surface area contributed by atoms with Crippen LogP contribution >= 0.6 is 0 Å². The van der Waals surface area contributed by atoms with E-state index in [0.29, 0.717) is 17.0 Å². The molecule has 1 aromatic carbocycles. The number of hydrogen-bond donors (Lipinski definition) is 3. The minimum absolute atomic E-state index is 0.274. The zero-order valence-corrected chi connectivity index (χ0v) is 15.7. The summed E-state index contributed by atoms with van der Waals surface area (Å²) < 4.78 is 13.1. The average molecular weight is 390 g/mol. The molecular formula is C21H19FN6O. The molecular weight excluding hydrogens is 371 g/mol. The number of benzene rings is 1. The number of halogens is 1. The first kappa shape index (κ1) is 17.5. The maximum absolute atomic E-state index is 13.1. The van der Waals surface area contributed by atoms with Crippen LogP contribution in [0.3, 0.4) is 0 Å². The molecule has 2 atom stereocenters. The zero-order valence-electron chi connectivity index (χ0n) is 15.7. The van der Waals surface area contributed by atoms with Crippen LogP contribution in [0.4, 0.5) is 16.0 Å². The molecule has 0 bridgehead atoms. The molecule has 1 aliphatic carbocycles. The van der Waals surface area contributed by atoms with Crippen LogP contribution in [0.2, 0.25) is 0 Å². The van der Waals surface area contributed by atoms with Crippen LogP contribution in [-0.4, -0.2) is 32.0 Å². The van der Waals surface area contributed by atoms with Crippen molar-refractivity contribution in [2.24, 2.45) is 5.92 Å². The summed E-state index contributed by atoms with van der Waals surface area (Å²) >= 11 is 0. The molecule has 4 aromatic rings. The Hall–Kier alpha value is -3.55. The number of hydrogen-bond acceptors (Lipinski definition) is 5.